The number of aromatic hydroxyl groups is 1. The fourth-order valence-corrected chi connectivity index (χ4v) is 1.80. The molecule has 80 valence electrons. The third-order valence-electron chi connectivity index (χ3n) is 2.65. The van der Waals surface area contributed by atoms with Gasteiger partial charge in [0, 0.05) is 12.5 Å². The molecule has 3 heteroatoms. The Morgan fingerprint density at radius 3 is 3.07 bits per heavy atom. The molecular formula is C12H14O3. The van der Waals surface area contributed by atoms with Gasteiger partial charge in [-0.15, -0.1) is 0 Å². The molecule has 0 atom stereocenters. The Hall–Kier alpha value is -1.51. The van der Waals surface area contributed by atoms with Crippen molar-refractivity contribution >= 4 is 5.78 Å². The van der Waals surface area contributed by atoms with E-state index in [4.69, 9.17) is 4.74 Å². The first-order valence-corrected chi connectivity index (χ1v) is 5.24. The molecule has 0 radical (unpaired) electrons. The zero-order chi connectivity index (χ0) is 10.8. The van der Waals surface area contributed by atoms with E-state index in [2.05, 4.69) is 0 Å². The molecule has 0 fully saturated rings. The van der Waals surface area contributed by atoms with Crippen LogP contribution in [-0.4, -0.2) is 17.5 Å². The van der Waals surface area contributed by atoms with E-state index in [0.717, 1.165) is 18.4 Å². The predicted molar refractivity (Wildman–Crippen MR) is 56.5 cm³/mol. The number of rotatable bonds is 2. The van der Waals surface area contributed by atoms with Crippen molar-refractivity contribution in [2.24, 2.45) is 0 Å². The lowest BCUT2D eigenvalue weighted by molar-refractivity contribution is 0.0985. The molecule has 0 saturated heterocycles. The highest BCUT2D eigenvalue weighted by Crippen LogP contribution is 2.32. The Morgan fingerprint density at radius 2 is 2.33 bits per heavy atom. The predicted octanol–water partition coefficient (Wildman–Crippen LogP) is 2.31. The Kier molecular flexibility index (Phi) is 2.62. The van der Waals surface area contributed by atoms with E-state index in [-0.39, 0.29) is 11.5 Å². The van der Waals surface area contributed by atoms with Crippen LogP contribution in [0.25, 0.3) is 0 Å². The second kappa shape index (κ2) is 3.93. The number of phenols is 1. The Morgan fingerprint density at radius 1 is 1.53 bits per heavy atom. The number of hydrogen-bond donors (Lipinski definition) is 1. The van der Waals surface area contributed by atoms with Crippen molar-refractivity contribution < 1.29 is 14.6 Å². The Bertz CT molecular complexity index is 396. The van der Waals surface area contributed by atoms with Gasteiger partial charge >= 0.3 is 0 Å². The lowest BCUT2D eigenvalue weighted by Crippen LogP contribution is -2.09. The largest absolute Gasteiger partial charge is 0.507 e. The van der Waals surface area contributed by atoms with E-state index in [1.54, 1.807) is 19.1 Å². The maximum Gasteiger partial charge on any atom is 0.166 e. The molecule has 1 N–H and O–H groups in total. The summed E-state index contributed by atoms with van der Waals surface area (Å²) in [6.07, 6.45) is 2.30. The van der Waals surface area contributed by atoms with Crippen LogP contribution in [0.3, 0.4) is 0 Å². The molecular weight excluding hydrogens is 192 g/mol. The summed E-state index contributed by atoms with van der Waals surface area (Å²) >= 11 is 0. The van der Waals surface area contributed by atoms with Crippen molar-refractivity contribution in [2.75, 3.05) is 6.61 Å². The molecule has 1 aliphatic rings. The van der Waals surface area contributed by atoms with Crippen LogP contribution in [0.15, 0.2) is 12.1 Å². The van der Waals surface area contributed by atoms with Gasteiger partial charge in [-0.05, 0) is 24.5 Å². The smallest absolute Gasteiger partial charge is 0.166 e. The average Bonchev–Trinajstić information content (AvgIpc) is 2.27. The molecule has 0 saturated carbocycles. The SMILES string of the molecule is CCC(=O)c1cc2c(cc1O)OCCC2. The zero-order valence-corrected chi connectivity index (χ0v) is 8.75. The summed E-state index contributed by atoms with van der Waals surface area (Å²) in [7, 11) is 0. The quantitative estimate of drug-likeness (QED) is 0.755. The highest BCUT2D eigenvalue weighted by atomic mass is 16.5. The third kappa shape index (κ3) is 1.82. The summed E-state index contributed by atoms with van der Waals surface area (Å²) < 4.78 is 5.40. The van der Waals surface area contributed by atoms with Crippen LogP contribution >= 0.6 is 0 Å². The fraction of sp³-hybridized carbons (Fsp3) is 0.417. The number of ketones is 1. The van der Waals surface area contributed by atoms with Gasteiger partial charge in [0.05, 0.1) is 12.2 Å². The molecule has 2 rings (SSSR count). The van der Waals surface area contributed by atoms with Crippen molar-refractivity contribution in [3.63, 3.8) is 0 Å². The van der Waals surface area contributed by atoms with Gasteiger partial charge < -0.3 is 9.84 Å². The van der Waals surface area contributed by atoms with Crippen molar-refractivity contribution in [1.82, 2.24) is 0 Å². The first kappa shape index (κ1) is 10.0. The molecule has 1 aromatic carbocycles. The summed E-state index contributed by atoms with van der Waals surface area (Å²) in [4.78, 5) is 11.5. The van der Waals surface area contributed by atoms with E-state index >= 15 is 0 Å². The topological polar surface area (TPSA) is 46.5 Å². The summed E-state index contributed by atoms with van der Waals surface area (Å²) in [5.41, 5.74) is 1.44. The number of benzene rings is 1. The second-order valence-electron chi connectivity index (χ2n) is 3.71. The monoisotopic (exact) mass is 206 g/mol. The first-order valence-electron chi connectivity index (χ1n) is 5.24. The van der Waals surface area contributed by atoms with E-state index in [1.807, 2.05) is 0 Å². The van der Waals surface area contributed by atoms with Crippen molar-refractivity contribution in [1.29, 1.82) is 0 Å². The highest BCUT2D eigenvalue weighted by molar-refractivity contribution is 5.98. The number of carbonyl (C=O) groups excluding carboxylic acids is 1. The summed E-state index contributed by atoms with van der Waals surface area (Å²) in [5.74, 6) is 0.717. The fourth-order valence-electron chi connectivity index (χ4n) is 1.80. The second-order valence-corrected chi connectivity index (χ2v) is 3.71. The summed E-state index contributed by atoms with van der Waals surface area (Å²) in [6, 6.07) is 3.31. The Balaban J connectivity index is 2.44. The number of carbonyl (C=O) groups is 1. The minimum Gasteiger partial charge on any atom is -0.507 e. The van der Waals surface area contributed by atoms with E-state index in [9.17, 15) is 9.90 Å². The van der Waals surface area contributed by atoms with Crippen LogP contribution in [0.4, 0.5) is 0 Å². The number of hydrogen-bond acceptors (Lipinski definition) is 3. The van der Waals surface area contributed by atoms with Crippen LogP contribution in [0, 0.1) is 0 Å². The Labute approximate surface area is 88.7 Å². The van der Waals surface area contributed by atoms with Gasteiger partial charge in [-0.1, -0.05) is 6.92 Å². The minimum absolute atomic E-state index is 0.0270. The number of fused-ring (bicyclic) bond motifs is 1. The van der Waals surface area contributed by atoms with Crippen LogP contribution < -0.4 is 4.74 Å². The molecule has 1 aromatic rings. The molecule has 15 heavy (non-hydrogen) atoms. The number of phenolic OH excluding ortho intramolecular Hbond substituents is 1. The van der Waals surface area contributed by atoms with Crippen LogP contribution in [-0.2, 0) is 6.42 Å². The van der Waals surface area contributed by atoms with Gasteiger partial charge in [-0.25, -0.2) is 0 Å². The van der Waals surface area contributed by atoms with Gasteiger partial charge in [0.15, 0.2) is 5.78 Å². The molecule has 1 aliphatic heterocycles. The van der Waals surface area contributed by atoms with Gasteiger partial charge in [0.1, 0.15) is 11.5 Å². The molecule has 0 spiro atoms. The van der Waals surface area contributed by atoms with Gasteiger partial charge in [0.25, 0.3) is 0 Å². The number of Topliss-reactive ketones (excluding diaryl/α,β-unsaturated/α-hetero) is 1. The van der Waals surface area contributed by atoms with Crippen molar-refractivity contribution in [3.8, 4) is 11.5 Å². The summed E-state index contributed by atoms with van der Waals surface area (Å²) in [5, 5.41) is 9.67. The lowest BCUT2D eigenvalue weighted by Gasteiger charge is -2.18. The van der Waals surface area contributed by atoms with E-state index in [0.29, 0.717) is 24.3 Å². The highest BCUT2D eigenvalue weighted by Gasteiger charge is 2.17. The lowest BCUT2D eigenvalue weighted by atomic mass is 9.99. The molecule has 0 amide bonds. The van der Waals surface area contributed by atoms with Gasteiger partial charge in [0.2, 0.25) is 0 Å². The standard InChI is InChI=1S/C12H14O3/c1-2-10(13)9-6-8-4-3-5-15-12(8)7-11(9)14/h6-7,14H,2-5H2,1H3. The van der Waals surface area contributed by atoms with E-state index < -0.39 is 0 Å². The maximum absolute atomic E-state index is 11.5. The van der Waals surface area contributed by atoms with Crippen LogP contribution in [0.2, 0.25) is 0 Å². The van der Waals surface area contributed by atoms with Crippen molar-refractivity contribution in [2.45, 2.75) is 26.2 Å². The third-order valence-corrected chi connectivity index (χ3v) is 2.65. The van der Waals surface area contributed by atoms with Gasteiger partial charge in [-0.2, -0.15) is 0 Å². The average molecular weight is 206 g/mol. The number of aryl methyl sites for hydroxylation is 1. The molecule has 0 aliphatic carbocycles. The molecule has 0 unspecified atom stereocenters. The maximum atomic E-state index is 11.5. The first-order chi connectivity index (χ1) is 7.22. The van der Waals surface area contributed by atoms with Crippen LogP contribution in [0.5, 0.6) is 11.5 Å². The van der Waals surface area contributed by atoms with Crippen molar-refractivity contribution in [3.05, 3.63) is 23.3 Å². The van der Waals surface area contributed by atoms with E-state index in [1.165, 1.54) is 0 Å². The zero-order valence-electron chi connectivity index (χ0n) is 8.75. The van der Waals surface area contributed by atoms with Gasteiger partial charge in [-0.3, -0.25) is 4.79 Å². The summed E-state index contributed by atoms with van der Waals surface area (Å²) in [6.45, 7) is 2.48. The molecule has 3 nitrogen and oxygen atoms in total. The number of ether oxygens (including phenoxy) is 1. The molecule has 0 aromatic heterocycles. The normalized spacial score (nSPS) is 14.2. The van der Waals surface area contributed by atoms with Crippen LogP contribution in [0.1, 0.15) is 35.7 Å². The minimum atomic E-state index is -0.0270. The molecule has 0 bridgehead atoms. The molecule has 1 heterocycles.